The molecule has 0 spiro atoms. The minimum absolute atomic E-state index is 0.0114. The lowest BCUT2D eigenvalue weighted by Gasteiger charge is -2.32. The highest BCUT2D eigenvalue weighted by Crippen LogP contribution is 2.23. The molecule has 0 aromatic heterocycles. The Morgan fingerprint density at radius 1 is 1.30 bits per heavy atom. The van der Waals surface area contributed by atoms with Gasteiger partial charge in [0.2, 0.25) is 5.91 Å². The lowest BCUT2D eigenvalue weighted by Crippen LogP contribution is -2.48. The zero-order chi connectivity index (χ0) is 16.2. The molecule has 2 fully saturated rings. The second-order valence-electron chi connectivity index (χ2n) is 6.12. The Bertz CT molecular complexity index is 566. The van der Waals surface area contributed by atoms with Crippen LogP contribution in [0.4, 0.5) is 4.39 Å². The van der Waals surface area contributed by atoms with E-state index >= 15 is 0 Å². The quantitative estimate of drug-likeness (QED) is 0.828. The monoisotopic (exact) mass is 356 g/mol. The van der Waals surface area contributed by atoms with Gasteiger partial charge in [0.05, 0.1) is 6.04 Å². The van der Waals surface area contributed by atoms with E-state index in [9.17, 15) is 9.18 Å². The molecule has 23 heavy (non-hydrogen) atoms. The van der Waals surface area contributed by atoms with Crippen molar-refractivity contribution >= 4 is 29.3 Å². The first kappa shape index (κ1) is 17.1. The number of carbonyl (C=O) groups is 1. The predicted molar refractivity (Wildman–Crippen MR) is 93.6 cm³/mol. The van der Waals surface area contributed by atoms with Crippen molar-refractivity contribution in [1.29, 1.82) is 0 Å². The second kappa shape index (κ2) is 7.86. The van der Waals surface area contributed by atoms with Gasteiger partial charge in [0.1, 0.15) is 5.82 Å². The number of benzene rings is 1. The molecule has 2 heterocycles. The maximum absolute atomic E-state index is 13.1. The molecule has 0 radical (unpaired) electrons. The van der Waals surface area contributed by atoms with Crippen LogP contribution < -0.4 is 0 Å². The number of halogens is 2. The van der Waals surface area contributed by atoms with E-state index in [0.29, 0.717) is 5.02 Å². The van der Waals surface area contributed by atoms with E-state index in [1.165, 1.54) is 12.1 Å². The van der Waals surface area contributed by atoms with E-state index in [1.54, 1.807) is 6.07 Å². The number of likely N-dealkylation sites (tertiary alicyclic amines) is 1. The van der Waals surface area contributed by atoms with Gasteiger partial charge in [-0.2, -0.15) is 11.8 Å². The van der Waals surface area contributed by atoms with Gasteiger partial charge in [-0.15, -0.1) is 0 Å². The topological polar surface area (TPSA) is 23.6 Å². The maximum Gasteiger partial charge on any atom is 0.239 e. The molecule has 1 aromatic carbocycles. The Morgan fingerprint density at radius 3 is 2.83 bits per heavy atom. The van der Waals surface area contributed by atoms with Crippen molar-refractivity contribution in [2.24, 2.45) is 0 Å². The van der Waals surface area contributed by atoms with E-state index in [1.807, 2.05) is 16.7 Å². The number of carbonyl (C=O) groups excluding carboxylic acids is 1. The summed E-state index contributed by atoms with van der Waals surface area (Å²) in [5.74, 6) is 2.07. The van der Waals surface area contributed by atoms with Crippen LogP contribution in [-0.2, 0) is 11.2 Å². The first-order chi connectivity index (χ1) is 11.1. The first-order valence-electron chi connectivity index (χ1n) is 8.19. The molecule has 1 amide bonds. The number of nitrogens with zero attached hydrogens (tertiary/aromatic N) is 2. The van der Waals surface area contributed by atoms with Crippen LogP contribution in [0.3, 0.4) is 0 Å². The molecule has 0 N–H and O–H groups in total. The molecule has 0 bridgehead atoms. The largest absolute Gasteiger partial charge is 0.340 e. The van der Waals surface area contributed by atoms with Crippen LogP contribution in [0.5, 0.6) is 0 Å². The van der Waals surface area contributed by atoms with Crippen molar-refractivity contribution < 1.29 is 9.18 Å². The number of hydrogen-bond acceptors (Lipinski definition) is 3. The molecule has 6 heteroatoms. The standard InChI is InChI=1S/C17H22ClFN2OS/c18-15-12-14(19)4-3-13(15)5-7-20-6-1-2-16(20)17(22)21-8-10-23-11-9-21/h3-4,12,16H,1-2,5-11H2/t16-/m1/s1. The number of amides is 1. The van der Waals surface area contributed by atoms with Gasteiger partial charge in [-0.25, -0.2) is 4.39 Å². The lowest BCUT2D eigenvalue weighted by molar-refractivity contribution is -0.135. The molecule has 1 atom stereocenters. The smallest absolute Gasteiger partial charge is 0.239 e. The normalized spacial score (nSPS) is 22.5. The zero-order valence-corrected chi connectivity index (χ0v) is 14.7. The molecule has 2 aliphatic rings. The van der Waals surface area contributed by atoms with E-state index < -0.39 is 0 Å². The van der Waals surface area contributed by atoms with Gasteiger partial charge in [0, 0.05) is 36.2 Å². The van der Waals surface area contributed by atoms with Gasteiger partial charge in [0.15, 0.2) is 0 Å². The molecule has 3 rings (SSSR count). The summed E-state index contributed by atoms with van der Waals surface area (Å²) in [7, 11) is 0. The van der Waals surface area contributed by atoms with Crippen LogP contribution in [-0.4, -0.2) is 59.4 Å². The molecular formula is C17H22ClFN2OS. The van der Waals surface area contributed by atoms with Gasteiger partial charge in [0.25, 0.3) is 0 Å². The summed E-state index contributed by atoms with van der Waals surface area (Å²) in [6.07, 6.45) is 2.76. The Morgan fingerprint density at radius 2 is 2.09 bits per heavy atom. The van der Waals surface area contributed by atoms with Gasteiger partial charge in [-0.05, 0) is 43.5 Å². The maximum atomic E-state index is 13.1. The molecule has 0 unspecified atom stereocenters. The van der Waals surface area contributed by atoms with Gasteiger partial charge in [-0.1, -0.05) is 17.7 Å². The number of thioether (sulfide) groups is 1. The SMILES string of the molecule is O=C([C@H]1CCCN1CCc1ccc(F)cc1Cl)N1CCSCC1. The van der Waals surface area contributed by atoms with Crippen molar-refractivity contribution in [1.82, 2.24) is 9.80 Å². The summed E-state index contributed by atoms with van der Waals surface area (Å²) in [6.45, 7) is 3.50. The fourth-order valence-electron chi connectivity index (χ4n) is 3.36. The van der Waals surface area contributed by atoms with E-state index in [4.69, 9.17) is 11.6 Å². The van der Waals surface area contributed by atoms with Crippen LogP contribution in [0, 0.1) is 5.82 Å². The third-order valence-electron chi connectivity index (χ3n) is 4.65. The summed E-state index contributed by atoms with van der Waals surface area (Å²) in [5, 5.41) is 0.472. The second-order valence-corrected chi connectivity index (χ2v) is 7.75. The molecule has 1 aromatic rings. The third kappa shape index (κ3) is 4.20. The van der Waals surface area contributed by atoms with Gasteiger partial charge in [-0.3, -0.25) is 9.69 Å². The van der Waals surface area contributed by atoms with Crippen molar-refractivity contribution in [3.05, 3.63) is 34.6 Å². The molecule has 0 aliphatic carbocycles. The van der Waals surface area contributed by atoms with Crippen molar-refractivity contribution in [2.45, 2.75) is 25.3 Å². The van der Waals surface area contributed by atoms with Crippen LogP contribution in [0.15, 0.2) is 18.2 Å². The molecule has 126 valence electrons. The summed E-state index contributed by atoms with van der Waals surface area (Å²) < 4.78 is 13.1. The fourth-order valence-corrected chi connectivity index (χ4v) is 4.52. The van der Waals surface area contributed by atoms with Crippen molar-refractivity contribution in [3.63, 3.8) is 0 Å². The van der Waals surface area contributed by atoms with E-state index in [-0.39, 0.29) is 17.8 Å². The Kier molecular flexibility index (Phi) is 5.83. The third-order valence-corrected chi connectivity index (χ3v) is 5.95. The minimum atomic E-state index is -0.309. The minimum Gasteiger partial charge on any atom is -0.340 e. The molecule has 2 aliphatic heterocycles. The lowest BCUT2D eigenvalue weighted by atomic mass is 10.1. The van der Waals surface area contributed by atoms with E-state index in [0.717, 1.165) is 62.5 Å². The predicted octanol–water partition coefficient (Wildman–Crippen LogP) is 3.06. The Balaban J connectivity index is 1.59. The summed E-state index contributed by atoms with van der Waals surface area (Å²) >= 11 is 8.02. The summed E-state index contributed by atoms with van der Waals surface area (Å²) in [6, 6.07) is 4.55. The van der Waals surface area contributed by atoms with Crippen LogP contribution in [0.25, 0.3) is 0 Å². The fraction of sp³-hybridized carbons (Fsp3) is 0.588. The average molecular weight is 357 g/mol. The summed E-state index contributed by atoms with van der Waals surface area (Å²) in [5.41, 5.74) is 0.945. The highest BCUT2D eigenvalue weighted by Gasteiger charge is 2.33. The van der Waals surface area contributed by atoms with Crippen molar-refractivity contribution in [3.8, 4) is 0 Å². The van der Waals surface area contributed by atoms with Crippen molar-refractivity contribution in [2.75, 3.05) is 37.7 Å². The average Bonchev–Trinajstić information content (AvgIpc) is 3.02. The Labute approximate surface area is 146 Å². The number of rotatable bonds is 4. The summed E-state index contributed by atoms with van der Waals surface area (Å²) in [4.78, 5) is 17.0. The van der Waals surface area contributed by atoms with Gasteiger partial charge >= 0.3 is 0 Å². The van der Waals surface area contributed by atoms with Crippen LogP contribution >= 0.6 is 23.4 Å². The zero-order valence-electron chi connectivity index (χ0n) is 13.1. The molecule has 0 saturated carbocycles. The highest BCUT2D eigenvalue weighted by atomic mass is 35.5. The van der Waals surface area contributed by atoms with Crippen LogP contribution in [0.1, 0.15) is 18.4 Å². The molecule has 2 saturated heterocycles. The highest BCUT2D eigenvalue weighted by molar-refractivity contribution is 7.99. The van der Waals surface area contributed by atoms with Crippen LogP contribution in [0.2, 0.25) is 5.02 Å². The first-order valence-corrected chi connectivity index (χ1v) is 9.73. The Hall–Kier alpha value is -0.780. The number of hydrogen-bond donors (Lipinski definition) is 0. The van der Waals surface area contributed by atoms with E-state index in [2.05, 4.69) is 4.90 Å². The molecule has 3 nitrogen and oxygen atoms in total. The van der Waals surface area contributed by atoms with Gasteiger partial charge < -0.3 is 4.90 Å². The molecular weight excluding hydrogens is 335 g/mol.